The zero-order valence-electron chi connectivity index (χ0n) is 9.48. The Morgan fingerprint density at radius 2 is 1.67 bits per heavy atom. The Hall–Kier alpha value is -1.22. The molecule has 0 amide bonds. The Balaban J connectivity index is 5.15. The zero-order valence-corrected chi connectivity index (χ0v) is 9.48. The number of likely N-dealkylation sites (N-methyl/N-ethyl adjacent to an activating group) is 1. The summed E-state index contributed by atoms with van der Waals surface area (Å²) in [5.74, 6) is 0. The Labute approximate surface area is 91.5 Å². The molecule has 0 aromatic carbocycles. The molecule has 0 bridgehead atoms. The normalized spacial score (nSPS) is 13.3. The standard InChI is InChI=1S/C12H19NO2/c1-5-7-12(10-15,8-6-2)11(9-14)13(3)4/h5-6,9-11H,1-2,7-8H2,3-4H3. The Kier molecular flexibility index (Phi) is 5.79. The SMILES string of the molecule is C=CCC(C=O)(CC=C)C(C=O)N(C)C. The van der Waals surface area contributed by atoms with Gasteiger partial charge < -0.3 is 9.59 Å². The molecule has 0 heterocycles. The van der Waals surface area contributed by atoms with Gasteiger partial charge in [0, 0.05) is 0 Å². The van der Waals surface area contributed by atoms with Crippen molar-refractivity contribution in [2.75, 3.05) is 14.1 Å². The van der Waals surface area contributed by atoms with E-state index in [-0.39, 0.29) is 0 Å². The summed E-state index contributed by atoms with van der Waals surface area (Å²) in [5.41, 5.74) is -0.727. The second-order valence-corrected chi connectivity index (χ2v) is 3.88. The van der Waals surface area contributed by atoms with Crippen LogP contribution in [0.2, 0.25) is 0 Å². The molecular weight excluding hydrogens is 190 g/mol. The fourth-order valence-electron chi connectivity index (χ4n) is 1.80. The quantitative estimate of drug-likeness (QED) is 0.448. The van der Waals surface area contributed by atoms with Crippen molar-refractivity contribution in [3.8, 4) is 0 Å². The van der Waals surface area contributed by atoms with Crippen LogP contribution in [0, 0.1) is 5.41 Å². The summed E-state index contributed by atoms with van der Waals surface area (Å²) in [7, 11) is 3.56. The molecule has 0 spiro atoms. The van der Waals surface area contributed by atoms with Gasteiger partial charge in [-0.2, -0.15) is 0 Å². The molecular formula is C12H19NO2. The molecule has 0 N–H and O–H groups in total. The number of hydrogen-bond donors (Lipinski definition) is 0. The van der Waals surface area contributed by atoms with Crippen molar-refractivity contribution in [2.24, 2.45) is 5.41 Å². The molecule has 15 heavy (non-hydrogen) atoms. The summed E-state index contributed by atoms with van der Waals surface area (Å²) in [6.07, 6.45) is 5.93. The molecule has 84 valence electrons. The number of aldehydes is 2. The maximum atomic E-state index is 11.2. The lowest BCUT2D eigenvalue weighted by atomic mass is 9.75. The summed E-state index contributed by atoms with van der Waals surface area (Å²) in [4.78, 5) is 24.0. The van der Waals surface area contributed by atoms with Crippen LogP contribution in [0.4, 0.5) is 0 Å². The molecule has 0 aliphatic rings. The van der Waals surface area contributed by atoms with Gasteiger partial charge in [0.1, 0.15) is 12.6 Å². The van der Waals surface area contributed by atoms with Gasteiger partial charge >= 0.3 is 0 Å². The van der Waals surface area contributed by atoms with E-state index in [4.69, 9.17) is 0 Å². The number of rotatable bonds is 8. The van der Waals surface area contributed by atoms with Crippen molar-refractivity contribution in [1.82, 2.24) is 4.90 Å². The highest BCUT2D eigenvalue weighted by atomic mass is 16.1. The highest BCUT2D eigenvalue weighted by molar-refractivity contribution is 5.72. The van der Waals surface area contributed by atoms with E-state index in [1.54, 1.807) is 31.1 Å². The Morgan fingerprint density at radius 3 is 1.87 bits per heavy atom. The monoisotopic (exact) mass is 209 g/mol. The van der Waals surface area contributed by atoms with Crippen molar-refractivity contribution in [1.29, 1.82) is 0 Å². The number of nitrogens with zero attached hydrogens (tertiary/aromatic N) is 1. The first-order valence-electron chi connectivity index (χ1n) is 4.87. The maximum absolute atomic E-state index is 11.2. The van der Waals surface area contributed by atoms with Crippen molar-refractivity contribution in [2.45, 2.75) is 18.9 Å². The van der Waals surface area contributed by atoms with Gasteiger partial charge in [-0.05, 0) is 26.9 Å². The molecule has 0 aromatic rings. The van der Waals surface area contributed by atoms with Crippen LogP contribution in [-0.4, -0.2) is 37.6 Å². The Morgan fingerprint density at radius 1 is 1.20 bits per heavy atom. The van der Waals surface area contributed by atoms with E-state index in [2.05, 4.69) is 13.2 Å². The van der Waals surface area contributed by atoms with Crippen LogP contribution < -0.4 is 0 Å². The summed E-state index contributed by atoms with van der Waals surface area (Å²) >= 11 is 0. The second-order valence-electron chi connectivity index (χ2n) is 3.88. The van der Waals surface area contributed by atoms with Crippen LogP contribution in [0.5, 0.6) is 0 Å². The fourth-order valence-corrected chi connectivity index (χ4v) is 1.80. The van der Waals surface area contributed by atoms with Gasteiger partial charge in [-0.25, -0.2) is 0 Å². The van der Waals surface area contributed by atoms with Crippen LogP contribution in [-0.2, 0) is 9.59 Å². The van der Waals surface area contributed by atoms with Crippen molar-refractivity contribution in [3.05, 3.63) is 25.3 Å². The van der Waals surface area contributed by atoms with E-state index in [1.807, 2.05) is 0 Å². The Bertz CT molecular complexity index is 236. The molecule has 0 aliphatic heterocycles. The fraction of sp³-hybridized carbons (Fsp3) is 0.500. The van der Waals surface area contributed by atoms with Crippen molar-refractivity contribution < 1.29 is 9.59 Å². The molecule has 0 rings (SSSR count). The van der Waals surface area contributed by atoms with E-state index >= 15 is 0 Å². The van der Waals surface area contributed by atoms with Crippen LogP contribution in [0.3, 0.4) is 0 Å². The van der Waals surface area contributed by atoms with E-state index in [0.717, 1.165) is 12.6 Å². The lowest BCUT2D eigenvalue weighted by molar-refractivity contribution is -0.126. The molecule has 0 aliphatic carbocycles. The molecule has 0 radical (unpaired) electrons. The average molecular weight is 209 g/mol. The molecule has 1 unspecified atom stereocenters. The predicted molar refractivity (Wildman–Crippen MR) is 61.7 cm³/mol. The number of hydrogen-bond acceptors (Lipinski definition) is 3. The molecule has 3 heteroatoms. The highest BCUT2D eigenvalue weighted by Gasteiger charge is 2.37. The van der Waals surface area contributed by atoms with E-state index in [1.165, 1.54) is 0 Å². The predicted octanol–water partition coefficient (Wildman–Crippen LogP) is 1.45. The molecule has 0 saturated heterocycles. The van der Waals surface area contributed by atoms with Gasteiger partial charge in [0.2, 0.25) is 0 Å². The third kappa shape index (κ3) is 3.13. The van der Waals surface area contributed by atoms with Gasteiger partial charge in [-0.15, -0.1) is 13.2 Å². The first kappa shape index (κ1) is 13.8. The minimum absolute atomic E-state index is 0.439. The first-order valence-corrected chi connectivity index (χ1v) is 4.87. The molecule has 0 fully saturated rings. The largest absolute Gasteiger partial charge is 0.303 e. The zero-order chi connectivity index (χ0) is 11.9. The highest BCUT2D eigenvalue weighted by Crippen LogP contribution is 2.31. The summed E-state index contributed by atoms with van der Waals surface area (Å²) in [5, 5.41) is 0. The van der Waals surface area contributed by atoms with Gasteiger partial charge in [-0.1, -0.05) is 12.2 Å². The minimum atomic E-state index is -0.727. The smallest absolute Gasteiger partial charge is 0.138 e. The van der Waals surface area contributed by atoms with E-state index in [0.29, 0.717) is 12.8 Å². The van der Waals surface area contributed by atoms with Crippen molar-refractivity contribution in [3.63, 3.8) is 0 Å². The van der Waals surface area contributed by atoms with Crippen LogP contribution >= 0.6 is 0 Å². The summed E-state index contributed by atoms with van der Waals surface area (Å²) in [6, 6.07) is -0.439. The lowest BCUT2D eigenvalue weighted by Gasteiger charge is -2.35. The summed E-state index contributed by atoms with van der Waals surface area (Å²) < 4.78 is 0. The number of carbonyl (C=O) groups is 2. The van der Waals surface area contributed by atoms with Gasteiger partial charge in [-0.3, -0.25) is 4.90 Å². The number of carbonyl (C=O) groups excluding carboxylic acids is 2. The van der Waals surface area contributed by atoms with E-state index < -0.39 is 11.5 Å². The maximum Gasteiger partial charge on any atom is 0.138 e. The minimum Gasteiger partial charge on any atom is -0.303 e. The van der Waals surface area contributed by atoms with E-state index in [9.17, 15) is 9.59 Å². The topological polar surface area (TPSA) is 37.4 Å². The summed E-state index contributed by atoms with van der Waals surface area (Å²) in [6.45, 7) is 7.25. The van der Waals surface area contributed by atoms with Gasteiger partial charge in [0.05, 0.1) is 11.5 Å². The third-order valence-corrected chi connectivity index (χ3v) is 2.56. The van der Waals surface area contributed by atoms with Gasteiger partial charge in [0.15, 0.2) is 0 Å². The molecule has 0 aromatic heterocycles. The number of allylic oxidation sites excluding steroid dienone is 2. The average Bonchev–Trinajstić information content (AvgIpc) is 2.18. The lowest BCUT2D eigenvalue weighted by Crippen LogP contribution is -2.46. The second kappa shape index (κ2) is 6.30. The molecule has 0 saturated carbocycles. The third-order valence-electron chi connectivity index (χ3n) is 2.56. The van der Waals surface area contributed by atoms with Crippen LogP contribution in [0.15, 0.2) is 25.3 Å². The van der Waals surface area contributed by atoms with Crippen LogP contribution in [0.25, 0.3) is 0 Å². The van der Waals surface area contributed by atoms with Crippen molar-refractivity contribution >= 4 is 12.6 Å². The molecule has 3 nitrogen and oxygen atoms in total. The molecule has 1 atom stereocenters. The van der Waals surface area contributed by atoms with Crippen LogP contribution in [0.1, 0.15) is 12.8 Å². The van der Waals surface area contributed by atoms with Gasteiger partial charge in [0.25, 0.3) is 0 Å². The first-order chi connectivity index (χ1) is 7.07.